The average molecular weight is 665 g/mol. The molecule has 4 atom stereocenters. The molecule has 2 aromatic rings. The van der Waals surface area contributed by atoms with Crippen LogP contribution in [-0.2, 0) is 9.53 Å². The lowest BCUT2D eigenvalue weighted by atomic mass is 10.1. The summed E-state index contributed by atoms with van der Waals surface area (Å²) < 4.78 is 10.9. The molecule has 0 amide bonds. The highest BCUT2D eigenvalue weighted by Gasteiger charge is 2.67. The van der Waals surface area contributed by atoms with Crippen LogP contribution in [0.3, 0.4) is 0 Å². The maximum absolute atomic E-state index is 12.9. The van der Waals surface area contributed by atoms with Crippen LogP contribution in [0.1, 0.15) is 25.5 Å². The van der Waals surface area contributed by atoms with Gasteiger partial charge in [-0.25, -0.2) is 0 Å². The summed E-state index contributed by atoms with van der Waals surface area (Å²) >= 11 is 14.2. The molecule has 0 N–H and O–H groups in total. The Hall–Kier alpha value is -0.880. The van der Waals surface area contributed by atoms with Crippen molar-refractivity contribution >= 4 is 69.7 Å². The molecule has 0 heterocycles. The highest BCUT2D eigenvalue weighted by molar-refractivity contribution is 9.40. The fraction of sp³-hybridized carbons (Fsp3) is 0.364. The van der Waals surface area contributed by atoms with Crippen LogP contribution in [0.4, 0.5) is 0 Å². The van der Waals surface area contributed by atoms with E-state index in [1.165, 1.54) is 0 Å². The highest BCUT2D eigenvalue weighted by Crippen LogP contribution is 2.66. The summed E-state index contributed by atoms with van der Waals surface area (Å²) in [5.74, 6) is 0.576. The minimum atomic E-state index is -1.01. The minimum absolute atomic E-state index is 0.0233. The first kappa shape index (κ1) is 23.8. The third-order valence-electron chi connectivity index (χ3n) is 5.28. The maximum Gasteiger partial charge on any atom is 0.311 e. The molecule has 0 aliphatic heterocycles. The van der Waals surface area contributed by atoms with Gasteiger partial charge in [-0.1, -0.05) is 108 Å². The fourth-order valence-electron chi connectivity index (χ4n) is 3.60. The predicted octanol–water partition coefficient (Wildman–Crippen LogP) is 7.46. The molecule has 0 spiro atoms. The summed E-state index contributed by atoms with van der Waals surface area (Å²) in [4.78, 5) is 12.8. The average Bonchev–Trinajstić information content (AvgIpc) is 3.27. The van der Waals surface area contributed by atoms with E-state index >= 15 is 0 Å². The molecular weight excluding hydrogens is 646 g/mol. The van der Waals surface area contributed by atoms with Crippen molar-refractivity contribution in [3.63, 3.8) is 0 Å². The number of carbonyl (C=O) groups excluding carboxylic acids is 1. The van der Waals surface area contributed by atoms with Crippen molar-refractivity contribution in [1.29, 1.82) is 5.26 Å². The maximum atomic E-state index is 12.9. The van der Waals surface area contributed by atoms with Crippen molar-refractivity contribution in [2.24, 2.45) is 17.3 Å². The number of carbonyl (C=O) groups is 1. The van der Waals surface area contributed by atoms with Crippen molar-refractivity contribution in [2.75, 3.05) is 0 Å². The monoisotopic (exact) mass is 661 g/mol. The Balaban J connectivity index is 1.72. The van der Waals surface area contributed by atoms with Gasteiger partial charge in [-0.2, -0.15) is 5.26 Å². The third-order valence-corrected chi connectivity index (χ3v) is 9.86. The Morgan fingerprint density at radius 3 is 2.33 bits per heavy atom. The van der Waals surface area contributed by atoms with Crippen molar-refractivity contribution in [3.05, 3.63) is 60.2 Å². The number of para-hydroxylation sites is 1. The molecule has 1 aliphatic rings. The largest absolute Gasteiger partial charge is 0.457 e. The number of hydrogen-bond donors (Lipinski definition) is 0. The first-order valence-corrected chi connectivity index (χ1v) is 12.5. The van der Waals surface area contributed by atoms with E-state index in [1.807, 2.05) is 44.2 Å². The quantitative estimate of drug-likeness (QED) is 0.238. The summed E-state index contributed by atoms with van der Waals surface area (Å²) in [7, 11) is 0. The van der Waals surface area contributed by atoms with Gasteiger partial charge < -0.3 is 9.47 Å². The molecule has 8 heteroatoms. The van der Waals surface area contributed by atoms with E-state index in [2.05, 4.69) is 69.8 Å². The zero-order valence-corrected chi connectivity index (χ0v) is 22.5. The molecule has 0 aromatic heterocycles. The van der Waals surface area contributed by atoms with E-state index in [0.717, 1.165) is 0 Å². The first-order chi connectivity index (χ1) is 14.1. The normalized spacial score (nSPS) is 21.8. The van der Waals surface area contributed by atoms with Gasteiger partial charge in [0.15, 0.2) is 0 Å². The number of rotatable bonds is 6. The van der Waals surface area contributed by atoms with Crippen LogP contribution >= 0.6 is 63.7 Å². The van der Waals surface area contributed by atoms with Gasteiger partial charge in [0.2, 0.25) is 6.10 Å². The topological polar surface area (TPSA) is 59.3 Å². The second kappa shape index (κ2) is 9.32. The molecule has 1 saturated carbocycles. The third kappa shape index (κ3) is 5.29. The lowest BCUT2D eigenvalue weighted by Gasteiger charge is -2.21. The second-order valence-electron chi connectivity index (χ2n) is 7.70. The van der Waals surface area contributed by atoms with Gasteiger partial charge >= 0.3 is 5.97 Å². The van der Waals surface area contributed by atoms with Crippen molar-refractivity contribution in [3.8, 4) is 17.6 Å². The van der Waals surface area contributed by atoms with Crippen LogP contribution in [0.2, 0.25) is 0 Å². The molecule has 2 aromatic carbocycles. The van der Waals surface area contributed by atoms with Crippen molar-refractivity contribution in [2.45, 2.75) is 26.9 Å². The van der Waals surface area contributed by atoms with Crippen LogP contribution in [0.5, 0.6) is 11.5 Å². The van der Waals surface area contributed by atoms with Crippen LogP contribution in [-0.4, -0.2) is 12.9 Å². The van der Waals surface area contributed by atoms with Gasteiger partial charge in [-0.3, -0.25) is 4.79 Å². The van der Waals surface area contributed by atoms with Crippen molar-refractivity contribution < 1.29 is 14.3 Å². The number of nitriles is 1. The van der Waals surface area contributed by atoms with Gasteiger partial charge in [-0.05, 0) is 35.6 Å². The Morgan fingerprint density at radius 1 is 1.10 bits per heavy atom. The molecule has 0 radical (unpaired) electrons. The number of benzene rings is 2. The number of ether oxygens (including phenoxy) is 2. The molecular formula is C22H19Br4NO3. The summed E-state index contributed by atoms with van der Waals surface area (Å²) in [5, 5.41) is 9.65. The smallest absolute Gasteiger partial charge is 0.311 e. The van der Waals surface area contributed by atoms with Crippen LogP contribution < -0.4 is 4.74 Å². The van der Waals surface area contributed by atoms with E-state index < -0.39 is 8.25 Å². The SMILES string of the molecule is CC1(C)[C@H](C(=O)OC(C#N)c2cccc(Oc3ccccc3)c2)[C@@H]1C(Br)C(Br)(Br)Br. The molecule has 3 rings (SSSR count). The van der Waals surface area contributed by atoms with Gasteiger partial charge in [0.25, 0.3) is 0 Å². The number of alkyl halides is 4. The lowest BCUT2D eigenvalue weighted by Crippen LogP contribution is -2.23. The summed E-state index contributed by atoms with van der Waals surface area (Å²) in [6, 6.07) is 18.5. The summed E-state index contributed by atoms with van der Waals surface area (Å²) in [6.07, 6.45) is -1.01. The minimum Gasteiger partial charge on any atom is -0.457 e. The Bertz CT molecular complexity index is 953. The molecule has 0 bridgehead atoms. The highest BCUT2D eigenvalue weighted by atomic mass is 80.0. The molecule has 1 fully saturated rings. The second-order valence-corrected chi connectivity index (χ2v) is 15.6. The Morgan fingerprint density at radius 2 is 1.73 bits per heavy atom. The number of halogens is 4. The number of hydrogen-bond acceptors (Lipinski definition) is 4. The first-order valence-electron chi connectivity index (χ1n) is 9.19. The van der Waals surface area contributed by atoms with Gasteiger partial charge in [0.1, 0.15) is 19.7 Å². The summed E-state index contributed by atoms with van der Waals surface area (Å²) in [6.45, 7) is 4.04. The zero-order valence-electron chi connectivity index (χ0n) is 16.2. The predicted molar refractivity (Wildman–Crippen MR) is 130 cm³/mol. The van der Waals surface area contributed by atoms with Gasteiger partial charge in [-0.15, -0.1) is 0 Å². The van der Waals surface area contributed by atoms with Crippen molar-refractivity contribution in [1.82, 2.24) is 0 Å². The zero-order chi connectivity index (χ0) is 22.1. The van der Waals surface area contributed by atoms with Crippen LogP contribution in [0, 0.1) is 28.6 Å². The molecule has 1 aliphatic carbocycles. The van der Waals surface area contributed by atoms with E-state index in [-0.39, 0.29) is 28.0 Å². The molecule has 0 saturated heterocycles. The van der Waals surface area contributed by atoms with Crippen LogP contribution in [0.25, 0.3) is 0 Å². The number of esters is 1. The number of nitrogens with zero attached hydrogens (tertiary/aromatic N) is 1. The standard InChI is InChI=1S/C22H19Br4NO3/c1-21(2)17(19(23)22(24,25)26)18(21)20(28)30-16(12-27)13-7-6-10-15(11-13)29-14-8-4-3-5-9-14/h3-11,16-19H,1-2H3/t16?,17-,18+,19?/m1/s1. The summed E-state index contributed by atoms with van der Waals surface area (Å²) in [5.41, 5.74) is 0.310. The van der Waals surface area contributed by atoms with Gasteiger partial charge in [0.05, 0.1) is 10.7 Å². The molecule has 2 unspecified atom stereocenters. The molecule has 4 nitrogen and oxygen atoms in total. The van der Waals surface area contributed by atoms with Crippen LogP contribution in [0.15, 0.2) is 54.6 Å². The van der Waals surface area contributed by atoms with E-state index in [9.17, 15) is 10.1 Å². The van der Waals surface area contributed by atoms with Gasteiger partial charge in [0, 0.05) is 5.56 Å². The van der Waals surface area contributed by atoms with E-state index in [0.29, 0.717) is 17.1 Å². The lowest BCUT2D eigenvalue weighted by molar-refractivity contribution is -0.149. The Kier molecular flexibility index (Phi) is 7.38. The molecule has 30 heavy (non-hydrogen) atoms. The van der Waals surface area contributed by atoms with E-state index in [4.69, 9.17) is 9.47 Å². The molecule has 158 valence electrons. The van der Waals surface area contributed by atoms with E-state index in [1.54, 1.807) is 24.3 Å². The Labute approximate surface area is 209 Å². The fourth-order valence-corrected chi connectivity index (χ4v) is 5.44.